The van der Waals surface area contributed by atoms with E-state index < -0.39 is 0 Å². The molecule has 9 nitrogen and oxygen atoms in total. The number of hydrogen-bond donors (Lipinski definition) is 0. The minimum Gasteiger partial charge on any atom is -0.493 e. The van der Waals surface area contributed by atoms with Gasteiger partial charge in [0.2, 0.25) is 18.3 Å². The van der Waals surface area contributed by atoms with Crippen LogP contribution < -0.4 is 38.1 Å². The van der Waals surface area contributed by atoms with Crippen molar-refractivity contribution in [2.24, 2.45) is 0 Å². The summed E-state index contributed by atoms with van der Waals surface area (Å²) in [4.78, 5) is 15.3. The van der Waals surface area contributed by atoms with Gasteiger partial charge in [0.15, 0.2) is 35.5 Å². The highest BCUT2D eigenvalue weighted by molar-refractivity contribution is 6.15. The van der Waals surface area contributed by atoms with Crippen molar-refractivity contribution in [1.29, 1.82) is 0 Å². The summed E-state index contributed by atoms with van der Waals surface area (Å²) in [5, 5.41) is 0. The zero-order chi connectivity index (χ0) is 24.8. The maximum atomic E-state index is 13.2. The van der Waals surface area contributed by atoms with Gasteiger partial charge in [0.25, 0.3) is 0 Å². The van der Waals surface area contributed by atoms with Gasteiger partial charge in [-0.3, -0.25) is 4.79 Å². The second kappa shape index (κ2) is 8.60. The quantitative estimate of drug-likeness (QED) is 0.484. The number of rotatable bonds is 5. The van der Waals surface area contributed by atoms with Crippen molar-refractivity contribution in [2.75, 3.05) is 39.8 Å². The van der Waals surface area contributed by atoms with Gasteiger partial charge in [0, 0.05) is 11.8 Å². The molecule has 3 aliphatic rings. The standard InChI is InChI=1S/C27H23NO8/c1-30-23-9-15(10-24(31-2)27(23)32-3)8-22-25(29)17-5-7-19-18(26(17)36-22)12-28(13-33-19)16-4-6-20-21(11-16)35-14-34-20/h4-11H,12-14H2,1-3H3/b22-8-. The fraction of sp³-hybridized carbons (Fsp3) is 0.222. The summed E-state index contributed by atoms with van der Waals surface area (Å²) in [7, 11) is 4.62. The van der Waals surface area contributed by atoms with E-state index in [9.17, 15) is 4.79 Å². The number of fused-ring (bicyclic) bond motifs is 4. The van der Waals surface area contributed by atoms with E-state index in [2.05, 4.69) is 0 Å². The Morgan fingerprint density at radius 3 is 2.36 bits per heavy atom. The molecule has 0 N–H and O–H groups in total. The first-order valence-corrected chi connectivity index (χ1v) is 11.3. The lowest BCUT2D eigenvalue weighted by atomic mass is 10.0. The second-order valence-electron chi connectivity index (χ2n) is 8.33. The molecule has 0 saturated heterocycles. The van der Waals surface area contributed by atoms with Crippen LogP contribution in [0.3, 0.4) is 0 Å². The van der Waals surface area contributed by atoms with Gasteiger partial charge in [-0.05, 0) is 48.0 Å². The third kappa shape index (κ3) is 3.51. The Balaban J connectivity index is 1.32. The molecule has 0 aromatic heterocycles. The number of hydrogen-bond acceptors (Lipinski definition) is 9. The van der Waals surface area contributed by atoms with E-state index >= 15 is 0 Å². The normalized spacial score (nSPS) is 16.2. The predicted octanol–water partition coefficient (Wildman–Crippen LogP) is 4.41. The van der Waals surface area contributed by atoms with Crippen molar-refractivity contribution in [2.45, 2.75) is 6.54 Å². The van der Waals surface area contributed by atoms with Gasteiger partial charge in [-0.2, -0.15) is 0 Å². The third-order valence-corrected chi connectivity index (χ3v) is 6.33. The van der Waals surface area contributed by atoms with E-state index in [0.29, 0.717) is 64.6 Å². The molecule has 0 amide bonds. The first-order valence-electron chi connectivity index (χ1n) is 11.3. The molecule has 0 saturated carbocycles. The summed E-state index contributed by atoms with van der Waals surface area (Å²) in [6.07, 6.45) is 1.67. The van der Waals surface area contributed by atoms with Crippen LogP contribution in [0.1, 0.15) is 21.5 Å². The Bertz CT molecular complexity index is 1390. The van der Waals surface area contributed by atoms with Crippen LogP contribution in [0.4, 0.5) is 5.69 Å². The average Bonchev–Trinajstić information content (AvgIpc) is 3.51. The zero-order valence-corrected chi connectivity index (χ0v) is 20.0. The third-order valence-electron chi connectivity index (χ3n) is 6.33. The highest BCUT2D eigenvalue weighted by atomic mass is 16.7. The molecule has 0 atom stereocenters. The van der Waals surface area contributed by atoms with Gasteiger partial charge in [0.1, 0.15) is 11.5 Å². The molecule has 0 unspecified atom stereocenters. The number of carbonyl (C=O) groups excluding carboxylic acids is 1. The number of carbonyl (C=O) groups is 1. The van der Waals surface area contributed by atoms with Crippen molar-refractivity contribution >= 4 is 17.5 Å². The maximum Gasteiger partial charge on any atom is 0.231 e. The molecule has 0 radical (unpaired) electrons. The van der Waals surface area contributed by atoms with Crippen molar-refractivity contribution in [3.8, 4) is 40.2 Å². The molecule has 0 bridgehead atoms. The van der Waals surface area contributed by atoms with E-state index in [1.807, 2.05) is 29.2 Å². The van der Waals surface area contributed by atoms with Crippen molar-refractivity contribution in [3.05, 3.63) is 64.9 Å². The number of methoxy groups -OCH3 is 3. The number of anilines is 1. The lowest BCUT2D eigenvalue weighted by molar-refractivity contribution is 0.101. The van der Waals surface area contributed by atoms with Gasteiger partial charge in [0.05, 0.1) is 39.0 Å². The molecule has 3 aromatic rings. The first-order chi connectivity index (χ1) is 17.6. The monoisotopic (exact) mass is 489 g/mol. The Morgan fingerprint density at radius 1 is 0.861 bits per heavy atom. The number of ether oxygens (including phenoxy) is 7. The molecule has 6 rings (SSSR count). The minimum atomic E-state index is -0.207. The lowest BCUT2D eigenvalue weighted by Crippen LogP contribution is -2.32. The highest BCUT2D eigenvalue weighted by Crippen LogP contribution is 2.45. The van der Waals surface area contributed by atoms with Crippen LogP contribution in [0.2, 0.25) is 0 Å². The molecule has 36 heavy (non-hydrogen) atoms. The fourth-order valence-corrected chi connectivity index (χ4v) is 4.54. The van der Waals surface area contributed by atoms with Gasteiger partial charge < -0.3 is 38.1 Å². The van der Waals surface area contributed by atoms with Crippen LogP contribution in [-0.4, -0.2) is 40.6 Å². The second-order valence-corrected chi connectivity index (χ2v) is 8.33. The minimum absolute atomic E-state index is 0.202. The molecule has 0 spiro atoms. The molecular weight excluding hydrogens is 466 g/mol. The van der Waals surface area contributed by atoms with Crippen molar-refractivity contribution < 1.29 is 38.0 Å². The van der Waals surface area contributed by atoms with Crippen LogP contribution in [0.5, 0.6) is 40.2 Å². The lowest BCUT2D eigenvalue weighted by Gasteiger charge is -2.31. The fourth-order valence-electron chi connectivity index (χ4n) is 4.54. The van der Waals surface area contributed by atoms with E-state index in [4.69, 9.17) is 33.2 Å². The zero-order valence-electron chi connectivity index (χ0n) is 20.0. The first kappa shape index (κ1) is 22.0. The van der Waals surface area contributed by atoms with Crippen molar-refractivity contribution in [1.82, 2.24) is 0 Å². The number of benzene rings is 3. The summed E-state index contributed by atoms with van der Waals surface area (Å²) in [5.74, 6) is 4.03. The molecule has 184 valence electrons. The number of allylic oxidation sites excluding steroid dienone is 1. The molecule has 3 heterocycles. The summed E-state index contributed by atoms with van der Waals surface area (Å²) in [5.41, 5.74) is 2.88. The van der Waals surface area contributed by atoms with E-state index in [1.54, 1.807) is 38.5 Å². The number of Topliss-reactive ketones (excluding diaryl/α,β-unsaturated/α-hetero) is 1. The van der Waals surface area contributed by atoms with Crippen LogP contribution in [0, 0.1) is 0 Å². The largest absolute Gasteiger partial charge is 0.493 e. The Morgan fingerprint density at radius 2 is 1.61 bits per heavy atom. The van der Waals surface area contributed by atoms with Crippen molar-refractivity contribution in [3.63, 3.8) is 0 Å². The van der Waals surface area contributed by atoms with Crippen LogP contribution in [0.25, 0.3) is 6.08 Å². The number of nitrogens with zero attached hydrogens (tertiary/aromatic N) is 1. The molecule has 3 aliphatic heterocycles. The van der Waals surface area contributed by atoms with Gasteiger partial charge >= 0.3 is 0 Å². The summed E-state index contributed by atoms with van der Waals surface area (Å²) in [6, 6.07) is 12.8. The van der Waals surface area contributed by atoms with E-state index in [1.165, 1.54) is 7.11 Å². The Kier molecular flexibility index (Phi) is 5.25. The van der Waals surface area contributed by atoms with Gasteiger partial charge in [-0.25, -0.2) is 0 Å². The summed E-state index contributed by atoms with van der Waals surface area (Å²) >= 11 is 0. The SMILES string of the molecule is COc1cc(/C=C2\Oc3c(ccc4c3CN(c3ccc5c(c3)OCO5)CO4)C2=O)cc(OC)c1OC. The van der Waals surface area contributed by atoms with Crippen LogP contribution in [0.15, 0.2) is 48.2 Å². The maximum absolute atomic E-state index is 13.2. The Labute approximate surface area is 207 Å². The molecule has 0 aliphatic carbocycles. The highest BCUT2D eigenvalue weighted by Gasteiger charge is 2.34. The number of ketones is 1. The topological polar surface area (TPSA) is 84.9 Å². The predicted molar refractivity (Wildman–Crippen MR) is 130 cm³/mol. The van der Waals surface area contributed by atoms with Crippen LogP contribution >= 0.6 is 0 Å². The summed E-state index contributed by atoms with van der Waals surface area (Å²) in [6.45, 7) is 1.07. The van der Waals surface area contributed by atoms with E-state index in [0.717, 1.165) is 11.3 Å². The molecule has 3 aromatic carbocycles. The molecular formula is C27H23NO8. The molecule has 9 heteroatoms. The van der Waals surface area contributed by atoms with Crippen LogP contribution in [-0.2, 0) is 6.54 Å². The van der Waals surface area contributed by atoms with E-state index in [-0.39, 0.29) is 18.3 Å². The Hall–Kier alpha value is -4.53. The smallest absolute Gasteiger partial charge is 0.231 e. The van der Waals surface area contributed by atoms with Gasteiger partial charge in [-0.1, -0.05) is 0 Å². The van der Waals surface area contributed by atoms with Gasteiger partial charge in [-0.15, -0.1) is 0 Å². The summed E-state index contributed by atoms with van der Waals surface area (Å²) < 4.78 is 39.3. The molecule has 0 fully saturated rings. The average molecular weight is 489 g/mol.